The number of carbonyl (C=O) groups is 2. The average Bonchev–Trinajstić information content (AvgIpc) is 2.66. The van der Waals surface area contributed by atoms with Crippen LogP contribution in [0.1, 0.15) is 35.7 Å². The fraction of sp³-hybridized carbons (Fsp3) is 0.250. The van der Waals surface area contributed by atoms with Crippen molar-refractivity contribution in [1.82, 2.24) is 0 Å². The Labute approximate surface area is 151 Å². The molecule has 0 aliphatic heterocycles. The minimum absolute atomic E-state index is 0.138. The van der Waals surface area contributed by atoms with E-state index < -0.39 is 0 Å². The van der Waals surface area contributed by atoms with Crippen molar-refractivity contribution in [2.45, 2.75) is 19.8 Å². The van der Waals surface area contributed by atoms with E-state index in [-0.39, 0.29) is 11.8 Å². The Hall–Kier alpha value is -3.24. The minimum atomic E-state index is -0.234. The summed E-state index contributed by atoms with van der Waals surface area (Å²) in [6.45, 7) is 2.54. The number of benzene rings is 2. The molecule has 6 heteroatoms. The van der Waals surface area contributed by atoms with Gasteiger partial charge in [-0.05, 0) is 61.9 Å². The lowest BCUT2D eigenvalue weighted by molar-refractivity contribution is -0.143. The first-order chi connectivity index (χ1) is 12.6. The minimum Gasteiger partial charge on any atom is -0.494 e. The molecule has 0 radical (unpaired) electrons. The first kappa shape index (κ1) is 19.1. The molecular weight excluding hydrogens is 334 g/mol. The molecule has 26 heavy (non-hydrogen) atoms. The highest BCUT2D eigenvalue weighted by Crippen LogP contribution is 2.18. The Bertz CT molecular complexity index is 790. The molecule has 6 nitrogen and oxygen atoms in total. The van der Waals surface area contributed by atoms with Gasteiger partial charge in [-0.25, -0.2) is 4.79 Å². The summed E-state index contributed by atoms with van der Waals surface area (Å²) in [5.74, 6) is 0.253. The summed E-state index contributed by atoms with van der Waals surface area (Å²) in [4.78, 5) is 37.3. The Morgan fingerprint density at radius 1 is 1.00 bits per heavy atom. The van der Waals surface area contributed by atoms with E-state index in [4.69, 9.17) is 9.47 Å². The molecule has 2 rings (SSSR count). The number of carbonyl (C=O) groups excluding carboxylic acids is 3. The summed E-state index contributed by atoms with van der Waals surface area (Å²) in [6, 6.07) is 13.2. The maximum Gasteiger partial charge on any atom is 0.305 e. The van der Waals surface area contributed by atoms with Crippen molar-refractivity contribution in [2.75, 3.05) is 13.2 Å². The van der Waals surface area contributed by atoms with Crippen LogP contribution in [0.15, 0.2) is 53.5 Å². The highest BCUT2D eigenvalue weighted by molar-refractivity contribution is 6.09. The van der Waals surface area contributed by atoms with Crippen molar-refractivity contribution in [3.8, 4) is 5.75 Å². The molecule has 0 saturated heterocycles. The second-order valence-corrected chi connectivity index (χ2v) is 5.36. The monoisotopic (exact) mass is 353 g/mol. The van der Waals surface area contributed by atoms with Gasteiger partial charge >= 0.3 is 5.97 Å². The molecule has 0 aliphatic rings. The molecule has 0 bridgehead atoms. The van der Waals surface area contributed by atoms with Crippen LogP contribution >= 0.6 is 0 Å². The standard InChI is InChI=1S/C20H19NO5/c1-2-25-19(23)4-3-13-26-18-11-7-16(8-12-18)20(24)15-5-9-17(10-6-15)21-14-22/h5-12H,2-4,13H2,1H3. The van der Waals surface area contributed by atoms with Crippen LogP contribution in [0.2, 0.25) is 0 Å². The zero-order chi connectivity index (χ0) is 18.8. The quantitative estimate of drug-likeness (QED) is 0.226. The molecule has 0 fully saturated rings. The van der Waals surface area contributed by atoms with Gasteiger partial charge < -0.3 is 9.47 Å². The molecule has 0 unspecified atom stereocenters. The van der Waals surface area contributed by atoms with Gasteiger partial charge in [0, 0.05) is 17.5 Å². The predicted molar refractivity (Wildman–Crippen MR) is 95.5 cm³/mol. The van der Waals surface area contributed by atoms with Crippen LogP contribution in [-0.2, 0) is 14.3 Å². The Morgan fingerprint density at radius 3 is 2.19 bits per heavy atom. The van der Waals surface area contributed by atoms with Gasteiger partial charge in [0.1, 0.15) is 5.75 Å². The topological polar surface area (TPSA) is 82.0 Å². The van der Waals surface area contributed by atoms with Crippen molar-refractivity contribution in [3.05, 3.63) is 59.7 Å². The lowest BCUT2D eigenvalue weighted by Crippen LogP contribution is -2.07. The molecule has 0 spiro atoms. The number of nitrogens with zero attached hydrogens (tertiary/aromatic N) is 1. The molecule has 0 saturated carbocycles. The van der Waals surface area contributed by atoms with Gasteiger partial charge in [-0.15, -0.1) is 0 Å². The SMILES string of the molecule is CCOC(=O)CCCOc1ccc(C(=O)c2ccc(N=C=O)cc2)cc1. The molecule has 0 atom stereocenters. The lowest BCUT2D eigenvalue weighted by atomic mass is 10.0. The number of ketones is 1. The third-order valence-corrected chi connectivity index (χ3v) is 3.52. The maximum atomic E-state index is 12.4. The summed E-state index contributed by atoms with van der Waals surface area (Å²) >= 11 is 0. The van der Waals surface area contributed by atoms with Crippen molar-refractivity contribution in [2.24, 2.45) is 4.99 Å². The highest BCUT2D eigenvalue weighted by atomic mass is 16.5. The number of rotatable bonds is 9. The molecule has 134 valence electrons. The molecular formula is C20H19NO5. The highest BCUT2D eigenvalue weighted by Gasteiger charge is 2.09. The molecule has 2 aromatic rings. The number of esters is 1. The average molecular weight is 353 g/mol. The van der Waals surface area contributed by atoms with Crippen molar-refractivity contribution >= 4 is 23.5 Å². The van der Waals surface area contributed by atoms with E-state index in [2.05, 4.69) is 4.99 Å². The van der Waals surface area contributed by atoms with Crippen LogP contribution in [0.25, 0.3) is 0 Å². The third kappa shape index (κ3) is 5.69. The molecule has 0 heterocycles. The van der Waals surface area contributed by atoms with Gasteiger partial charge in [-0.2, -0.15) is 4.99 Å². The fourth-order valence-corrected chi connectivity index (χ4v) is 2.25. The first-order valence-corrected chi connectivity index (χ1v) is 8.25. The Morgan fingerprint density at radius 2 is 1.62 bits per heavy atom. The zero-order valence-electron chi connectivity index (χ0n) is 14.4. The largest absolute Gasteiger partial charge is 0.494 e. The second-order valence-electron chi connectivity index (χ2n) is 5.36. The van der Waals surface area contributed by atoms with Crippen LogP contribution in [0.5, 0.6) is 5.75 Å². The summed E-state index contributed by atoms with van der Waals surface area (Å²) in [5, 5.41) is 0. The van der Waals surface area contributed by atoms with Crippen LogP contribution < -0.4 is 4.74 Å². The summed E-state index contributed by atoms with van der Waals surface area (Å²) in [5.41, 5.74) is 1.47. The number of aliphatic imine (C=N–C) groups is 1. The number of hydrogen-bond donors (Lipinski definition) is 0. The predicted octanol–water partition coefficient (Wildman–Crippen LogP) is 3.61. The Kier molecular flexibility index (Phi) is 7.28. The van der Waals surface area contributed by atoms with E-state index in [1.165, 1.54) is 6.08 Å². The normalized spacial score (nSPS) is 9.88. The van der Waals surface area contributed by atoms with E-state index in [1.807, 2.05) is 0 Å². The number of isocyanates is 1. The molecule has 0 aromatic heterocycles. The summed E-state index contributed by atoms with van der Waals surface area (Å²) in [6.07, 6.45) is 2.33. The summed E-state index contributed by atoms with van der Waals surface area (Å²) in [7, 11) is 0. The second kappa shape index (κ2) is 9.91. The molecule has 0 N–H and O–H groups in total. The van der Waals surface area contributed by atoms with E-state index in [1.54, 1.807) is 55.5 Å². The van der Waals surface area contributed by atoms with Crippen molar-refractivity contribution < 1.29 is 23.9 Å². The first-order valence-electron chi connectivity index (χ1n) is 8.25. The number of hydrogen-bond acceptors (Lipinski definition) is 6. The van der Waals surface area contributed by atoms with Crippen molar-refractivity contribution in [3.63, 3.8) is 0 Å². The van der Waals surface area contributed by atoms with Crippen LogP contribution in [0, 0.1) is 0 Å². The zero-order valence-corrected chi connectivity index (χ0v) is 14.4. The van der Waals surface area contributed by atoms with Crippen LogP contribution in [0.3, 0.4) is 0 Å². The van der Waals surface area contributed by atoms with Gasteiger partial charge in [0.25, 0.3) is 0 Å². The van der Waals surface area contributed by atoms with E-state index >= 15 is 0 Å². The Balaban J connectivity index is 1.88. The maximum absolute atomic E-state index is 12.4. The molecule has 2 aromatic carbocycles. The smallest absolute Gasteiger partial charge is 0.305 e. The molecule has 0 amide bonds. The van der Waals surface area contributed by atoms with Gasteiger partial charge in [-0.1, -0.05) is 0 Å². The molecule has 0 aliphatic carbocycles. The van der Waals surface area contributed by atoms with Gasteiger partial charge in [0.15, 0.2) is 5.78 Å². The van der Waals surface area contributed by atoms with Crippen molar-refractivity contribution in [1.29, 1.82) is 0 Å². The summed E-state index contributed by atoms with van der Waals surface area (Å²) < 4.78 is 10.4. The van der Waals surface area contributed by atoms with E-state index in [0.717, 1.165) is 0 Å². The lowest BCUT2D eigenvalue weighted by Gasteiger charge is -2.07. The van der Waals surface area contributed by atoms with Crippen LogP contribution in [0.4, 0.5) is 5.69 Å². The van der Waals surface area contributed by atoms with Gasteiger partial charge in [0.2, 0.25) is 6.08 Å². The fourth-order valence-electron chi connectivity index (χ4n) is 2.25. The van der Waals surface area contributed by atoms with E-state index in [9.17, 15) is 14.4 Å². The number of ether oxygens (including phenoxy) is 2. The van der Waals surface area contributed by atoms with Gasteiger partial charge in [0.05, 0.1) is 18.9 Å². The van der Waals surface area contributed by atoms with Crippen LogP contribution in [-0.4, -0.2) is 31.0 Å². The van der Waals surface area contributed by atoms with E-state index in [0.29, 0.717) is 48.6 Å². The van der Waals surface area contributed by atoms with Gasteiger partial charge in [-0.3, -0.25) is 9.59 Å². The third-order valence-electron chi connectivity index (χ3n) is 3.52.